The first kappa shape index (κ1) is 25.1. The number of methoxy groups -OCH3 is 2. The number of imidazole rings is 1. The van der Waals surface area contributed by atoms with Crippen LogP contribution < -0.4 is 10.1 Å². The molecule has 2 aromatic carbocycles. The Labute approximate surface area is 209 Å². The lowest BCUT2D eigenvalue weighted by molar-refractivity contribution is 0.0597. The fourth-order valence-electron chi connectivity index (χ4n) is 6.07. The summed E-state index contributed by atoms with van der Waals surface area (Å²) in [4.78, 5) is 17.4. The van der Waals surface area contributed by atoms with E-state index in [1.807, 2.05) is 6.07 Å². The lowest BCUT2D eigenvalue weighted by Crippen LogP contribution is -2.35. The molecule has 0 bridgehead atoms. The highest BCUT2D eigenvalue weighted by Gasteiger charge is 2.40. The largest absolute Gasteiger partial charge is 0.496 e. The minimum atomic E-state index is -0.433. The Morgan fingerprint density at radius 1 is 1.06 bits per heavy atom. The molecule has 3 aromatic rings. The molecule has 6 heteroatoms. The van der Waals surface area contributed by atoms with Crippen molar-refractivity contribution in [1.82, 2.24) is 9.55 Å². The van der Waals surface area contributed by atoms with Gasteiger partial charge in [-0.1, -0.05) is 53.7 Å². The van der Waals surface area contributed by atoms with E-state index < -0.39 is 5.97 Å². The molecule has 0 spiro atoms. The number of fused-ring (bicyclic) bond motifs is 1. The molecule has 1 N–H and O–H groups in total. The van der Waals surface area contributed by atoms with Gasteiger partial charge in [0.25, 0.3) is 0 Å². The molecular formula is C29H39N3O3. The van der Waals surface area contributed by atoms with E-state index in [1.165, 1.54) is 19.1 Å². The minimum absolute atomic E-state index is 0.204. The molecular weight excluding hydrogens is 438 g/mol. The van der Waals surface area contributed by atoms with Gasteiger partial charge in [0, 0.05) is 17.8 Å². The van der Waals surface area contributed by atoms with Crippen LogP contribution in [0.4, 0.5) is 11.6 Å². The van der Waals surface area contributed by atoms with Gasteiger partial charge in [-0.25, -0.2) is 9.78 Å². The van der Waals surface area contributed by atoms with Crippen LogP contribution in [0.1, 0.15) is 88.7 Å². The second-order valence-corrected chi connectivity index (χ2v) is 11.8. The van der Waals surface area contributed by atoms with Crippen LogP contribution >= 0.6 is 0 Å². The van der Waals surface area contributed by atoms with E-state index in [4.69, 9.17) is 14.5 Å². The zero-order valence-corrected chi connectivity index (χ0v) is 22.4. The zero-order chi connectivity index (χ0) is 25.5. The first-order chi connectivity index (χ1) is 16.4. The predicted octanol–water partition coefficient (Wildman–Crippen LogP) is 7.48. The highest BCUT2D eigenvalue weighted by atomic mass is 16.5. The fraction of sp³-hybridized carbons (Fsp3) is 0.517. The van der Waals surface area contributed by atoms with Crippen molar-refractivity contribution in [3.05, 3.63) is 47.5 Å². The van der Waals surface area contributed by atoms with Crippen molar-refractivity contribution in [1.29, 1.82) is 0 Å². The van der Waals surface area contributed by atoms with Crippen molar-refractivity contribution in [2.45, 2.75) is 72.8 Å². The van der Waals surface area contributed by atoms with Crippen LogP contribution in [-0.2, 0) is 4.74 Å². The highest BCUT2D eigenvalue weighted by molar-refractivity contribution is 5.97. The maximum Gasteiger partial charge on any atom is 0.341 e. The number of ether oxygens (including phenoxy) is 2. The summed E-state index contributed by atoms with van der Waals surface area (Å²) in [6.45, 7) is 13.8. The third-order valence-electron chi connectivity index (χ3n) is 7.15. The number of carbonyl (C=O) groups is 1. The van der Waals surface area contributed by atoms with Crippen LogP contribution in [-0.4, -0.2) is 29.7 Å². The molecule has 0 atom stereocenters. The summed E-state index contributed by atoms with van der Waals surface area (Å²) in [6, 6.07) is 12.5. The molecule has 1 aliphatic carbocycles. The molecule has 0 amide bonds. The van der Waals surface area contributed by atoms with Gasteiger partial charge in [-0.3, -0.25) is 0 Å². The maximum atomic E-state index is 12.4. The summed E-state index contributed by atoms with van der Waals surface area (Å²) in [7, 11) is 2.96. The predicted molar refractivity (Wildman–Crippen MR) is 142 cm³/mol. The number of hydrogen-bond donors (Lipinski definition) is 1. The van der Waals surface area contributed by atoms with Crippen molar-refractivity contribution >= 4 is 28.6 Å². The van der Waals surface area contributed by atoms with Crippen LogP contribution in [0.25, 0.3) is 11.0 Å². The number of esters is 1. The SMILES string of the molecule is COC(=O)c1cc2nc(Nc3ccc(C(C)C)cc3)n(C3CC(C)(C)CC(C)(C)C3)c2cc1OC. The van der Waals surface area contributed by atoms with Crippen LogP contribution in [0.15, 0.2) is 36.4 Å². The minimum Gasteiger partial charge on any atom is -0.496 e. The highest BCUT2D eigenvalue weighted by Crippen LogP contribution is 2.51. The summed E-state index contributed by atoms with van der Waals surface area (Å²) in [5.74, 6) is 1.31. The van der Waals surface area contributed by atoms with E-state index in [1.54, 1.807) is 13.2 Å². The Morgan fingerprint density at radius 3 is 2.23 bits per heavy atom. The van der Waals surface area contributed by atoms with Gasteiger partial charge < -0.3 is 19.4 Å². The number of carbonyl (C=O) groups excluding carboxylic acids is 1. The Hall–Kier alpha value is -3.02. The average Bonchev–Trinajstić information content (AvgIpc) is 3.12. The van der Waals surface area contributed by atoms with E-state index >= 15 is 0 Å². The third-order valence-corrected chi connectivity index (χ3v) is 7.15. The molecule has 4 rings (SSSR count). The van der Waals surface area contributed by atoms with E-state index in [0.29, 0.717) is 17.2 Å². The zero-order valence-electron chi connectivity index (χ0n) is 22.4. The van der Waals surface area contributed by atoms with Crippen LogP contribution in [0.3, 0.4) is 0 Å². The van der Waals surface area contributed by atoms with Gasteiger partial charge in [-0.05, 0) is 59.8 Å². The number of nitrogens with zero attached hydrogens (tertiary/aromatic N) is 2. The number of hydrogen-bond acceptors (Lipinski definition) is 5. The molecule has 1 fully saturated rings. The van der Waals surface area contributed by atoms with Crippen LogP contribution in [0.5, 0.6) is 5.75 Å². The number of nitrogens with one attached hydrogen (secondary N) is 1. The Balaban J connectivity index is 1.87. The van der Waals surface area contributed by atoms with Gasteiger partial charge in [0.1, 0.15) is 11.3 Å². The van der Waals surface area contributed by atoms with E-state index in [2.05, 4.69) is 75.7 Å². The monoisotopic (exact) mass is 477 g/mol. The Morgan fingerprint density at radius 2 is 1.69 bits per heavy atom. The average molecular weight is 478 g/mol. The molecule has 0 aliphatic heterocycles. The normalized spacial score (nSPS) is 17.5. The summed E-state index contributed by atoms with van der Waals surface area (Å²) < 4.78 is 12.9. The lowest BCUT2D eigenvalue weighted by atomic mass is 9.63. The second-order valence-electron chi connectivity index (χ2n) is 11.8. The summed E-state index contributed by atoms with van der Waals surface area (Å²) in [5.41, 5.74) is 4.77. The van der Waals surface area contributed by atoms with Crippen molar-refractivity contribution in [2.24, 2.45) is 10.8 Å². The van der Waals surface area contributed by atoms with Gasteiger partial charge in [-0.2, -0.15) is 0 Å². The molecule has 6 nitrogen and oxygen atoms in total. The van der Waals surface area contributed by atoms with Gasteiger partial charge in [0.15, 0.2) is 0 Å². The molecule has 1 aliphatic rings. The van der Waals surface area contributed by atoms with Crippen LogP contribution in [0.2, 0.25) is 0 Å². The van der Waals surface area contributed by atoms with E-state index in [9.17, 15) is 4.79 Å². The molecule has 188 valence electrons. The third kappa shape index (κ3) is 5.16. The summed E-state index contributed by atoms with van der Waals surface area (Å²) in [6.07, 6.45) is 3.27. The Bertz CT molecular complexity index is 1210. The second kappa shape index (κ2) is 9.21. The standard InChI is InChI=1S/C29H39N3O3/c1-18(2)19-9-11-20(12-10-19)30-27-31-23-13-22(26(33)35-8)25(34-7)14-24(23)32(27)21-15-28(3,4)17-29(5,6)16-21/h9-14,18,21H,15-17H2,1-8H3,(H,30,31). The molecule has 0 unspecified atom stereocenters. The molecule has 1 saturated carbocycles. The topological polar surface area (TPSA) is 65.4 Å². The lowest BCUT2D eigenvalue weighted by Gasteiger charge is -2.45. The smallest absolute Gasteiger partial charge is 0.341 e. The molecule has 0 saturated heterocycles. The summed E-state index contributed by atoms with van der Waals surface area (Å²) >= 11 is 0. The first-order valence-electron chi connectivity index (χ1n) is 12.5. The van der Waals surface area contributed by atoms with Gasteiger partial charge in [0.05, 0.1) is 25.3 Å². The number of rotatable bonds is 6. The van der Waals surface area contributed by atoms with Gasteiger partial charge in [-0.15, -0.1) is 0 Å². The maximum absolute atomic E-state index is 12.4. The quantitative estimate of drug-likeness (QED) is 0.373. The summed E-state index contributed by atoms with van der Waals surface area (Å²) in [5, 5.41) is 3.58. The van der Waals surface area contributed by atoms with E-state index in [-0.39, 0.29) is 16.9 Å². The fourth-order valence-corrected chi connectivity index (χ4v) is 6.07. The van der Waals surface area contributed by atoms with E-state index in [0.717, 1.165) is 35.5 Å². The Kier molecular flexibility index (Phi) is 6.60. The van der Waals surface area contributed by atoms with Crippen molar-refractivity contribution in [3.8, 4) is 5.75 Å². The molecule has 1 heterocycles. The van der Waals surface area contributed by atoms with Crippen LogP contribution in [0, 0.1) is 10.8 Å². The molecule has 35 heavy (non-hydrogen) atoms. The number of anilines is 2. The van der Waals surface area contributed by atoms with Crippen molar-refractivity contribution in [3.63, 3.8) is 0 Å². The first-order valence-corrected chi connectivity index (χ1v) is 12.5. The van der Waals surface area contributed by atoms with Gasteiger partial charge in [0.2, 0.25) is 5.95 Å². The van der Waals surface area contributed by atoms with Gasteiger partial charge >= 0.3 is 5.97 Å². The molecule has 1 aromatic heterocycles. The molecule has 0 radical (unpaired) electrons. The number of aromatic nitrogens is 2. The van der Waals surface area contributed by atoms with Crippen molar-refractivity contribution < 1.29 is 14.3 Å². The number of benzene rings is 2. The van der Waals surface area contributed by atoms with Crippen molar-refractivity contribution in [2.75, 3.05) is 19.5 Å².